The molecule has 3 rings (SSSR count). The number of nitroso groups, excluding NO2 is 1. The number of hydrogen-bond acceptors (Lipinski definition) is 5. The van der Waals surface area contributed by atoms with E-state index in [0.717, 1.165) is 18.8 Å². The van der Waals surface area contributed by atoms with Gasteiger partial charge in [0.1, 0.15) is 5.76 Å². The van der Waals surface area contributed by atoms with E-state index in [1.807, 2.05) is 6.07 Å². The van der Waals surface area contributed by atoms with Crippen molar-refractivity contribution in [3.63, 3.8) is 0 Å². The monoisotopic (exact) mass is 285 g/mol. The minimum atomic E-state index is 0.121. The Morgan fingerprint density at radius 2 is 1.90 bits per heavy atom. The van der Waals surface area contributed by atoms with E-state index in [0.29, 0.717) is 12.3 Å². The molecule has 1 aliphatic heterocycles. The highest BCUT2D eigenvalue weighted by Gasteiger charge is 2.14. The lowest BCUT2D eigenvalue weighted by Gasteiger charge is -2.30. The van der Waals surface area contributed by atoms with Gasteiger partial charge in [0.15, 0.2) is 0 Å². The van der Waals surface area contributed by atoms with Gasteiger partial charge in [0.2, 0.25) is 0 Å². The van der Waals surface area contributed by atoms with E-state index in [9.17, 15) is 4.91 Å². The second-order valence-corrected chi connectivity index (χ2v) is 5.25. The summed E-state index contributed by atoms with van der Waals surface area (Å²) in [4.78, 5) is 12.8. The molecule has 110 valence electrons. The molecule has 1 fully saturated rings. The molecule has 1 aromatic heterocycles. The third-order valence-electron chi connectivity index (χ3n) is 3.79. The molecule has 1 aromatic carbocycles. The Morgan fingerprint density at radius 3 is 2.67 bits per heavy atom. The fraction of sp³-hybridized carbons (Fsp3) is 0.375. The third-order valence-corrected chi connectivity index (χ3v) is 3.79. The summed E-state index contributed by atoms with van der Waals surface area (Å²) in [6, 6.07) is 11.7. The van der Waals surface area contributed by atoms with Gasteiger partial charge in [-0.15, -0.1) is 4.91 Å². The van der Waals surface area contributed by atoms with Crippen molar-refractivity contribution in [1.82, 2.24) is 0 Å². The summed E-state index contributed by atoms with van der Waals surface area (Å²) < 4.78 is 5.28. The Balaban J connectivity index is 1.71. The summed E-state index contributed by atoms with van der Waals surface area (Å²) in [6.07, 6.45) is 3.82. The first-order chi connectivity index (χ1) is 10.4. The van der Waals surface area contributed by atoms with Crippen LogP contribution in [0.3, 0.4) is 0 Å². The predicted molar refractivity (Wildman–Crippen MR) is 84.0 cm³/mol. The van der Waals surface area contributed by atoms with E-state index in [-0.39, 0.29) is 5.88 Å². The van der Waals surface area contributed by atoms with E-state index in [2.05, 4.69) is 33.6 Å². The van der Waals surface area contributed by atoms with Crippen molar-refractivity contribution in [2.24, 2.45) is 5.18 Å². The number of piperidine rings is 1. The van der Waals surface area contributed by atoms with E-state index in [1.54, 1.807) is 12.1 Å². The van der Waals surface area contributed by atoms with Crippen molar-refractivity contribution < 1.29 is 4.42 Å². The van der Waals surface area contributed by atoms with Crippen LogP contribution >= 0.6 is 0 Å². The number of nitrogens with one attached hydrogen (secondary N) is 1. The van der Waals surface area contributed by atoms with Crippen LogP contribution in [0.5, 0.6) is 0 Å². The van der Waals surface area contributed by atoms with Crippen molar-refractivity contribution in [3.8, 4) is 0 Å². The zero-order valence-corrected chi connectivity index (χ0v) is 11.9. The first-order valence-electron chi connectivity index (χ1n) is 7.37. The minimum absolute atomic E-state index is 0.121. The first-order valence-corrected chi connectivity index (χ1v) is 7.37. The van der Waals surface area contributed by atoms with Crippen molar-refractivity contribution in [2.75, 3.05) is 23.3 Å². The van der Waals surface area contributed by atoms with Gasteiger partial charge in [-0.25, -0.2) is 0 Å². The molecule has 0 saturated carbocycles. The van der Waals surface area contributed by atoms with Crippen LogP contribution in [0.15, 0.2) is 46.0 Å². The van der Waals surface area contributed by atoms with Crippen LogP contribution in [0, 0.1) is 4.91 Å². The lowest BCUT2D eigenvalue weighted by molar-refractivity contribution is 0.527. The normalized spacial score (nSPS) is 15.0. The van der Waals surface area contributed by atoms with Gasteiger partial charge >= 0.3 is 0 Å². The van der Waals surface area contributed by atoms with Crippen LogP contribution in [-0.2, 0) is 6.54 Å². The van der Waals surface area contributed by atoms with Crippen LogP contribution in [-0.4, -0.2) is 13.1 Å². The molecular formula is C16H19N3O2. The summed E-state index contributed by atoms with van der Waals surface area (Å²) in [6.45, 7) is 2.76. The molecule has 0 spiro atoms. The van der Waals surface area contributed by atoms with E-state index in [4.69, 9.17) is 4.42 Å². The van der Waals surface area contributed by atoms with Crippen LogP contribution < -0.4 is 10.2 Å². The van der Waals surface area contributed by atoms with Gasteiger partial charge in [-0.3, -0.25) is 0 Å². The molecule has 21 heavy (non-hydrogen) atoms. The van der Waals surface area contributed by atoms with Crippen LogP contribution in [0.4, 0.5) is 17.3 Å². The third kappa shape index (κ3) is 3.24. The highest BCUT2D eigenvalue weighted by molar-refractivity contribution is 5.70. The highest BCUT2D eigenvalue weighted by Crippen LogP contribution is 2.29. The smallest absolute Gasteiger partial charge is 0.260 e. The maximum atomic E-state index is 10.4. The SMILES string of the molecule is O=Nc1ccc(CNc2ccccc2N2CCCCC2)o1. The van der Waals surface area contributed by atoms with Crippen molar-refractivity contribution in [3.05, 3.63) is 47.1 Å². The summed E-state index contributed by atoms with van der Waals surface area (Å²) in [5.74, 6) is 0.828. The molecule has 0 bridgehead atoms. The largest absolute Gasteiger partial charge is 0.439 e. The number of hydrogen-bond donors (Lipinski definition) is 1. The molecule has 1 saturated heterocycles. The quantitative estimate of drug-likeness (QED) is 0.833. The minimum Gasteiger partial charge on any atom is -0.439 e. The van der Waals surface area contributed by atoms with Gasteiger partial charge in [0.25, 0.3) is 5.88 Å². The lowest BCUT2D eigenvalue weighted by Crippen LogP contribution is -2.30. The molecule has 0 atom stereocenters. The van der Waals surface area contributed by atoms with Gasteiger partial charge in [-0.1, -0.05) is 12.1 Å². The zero-order chi connectivity index (χ0) is 14.5. The van der Waals surface area contributed by atoms with Gasteiger partial charge in [0.05, 0.1) is 17.9 Å². The molecule has 0 radical (unpaired) electrons. The number of anilines is 2. The standard InChI is InChI=1S/C16H19N3O2/c20-18-16-9-8-13(21-16)12-17-14-6-2-3-7-15(14)19-10-4-1-5-11-19/h2-3,6-9,17H,1,4-5,10-12H2. The molecule has 2 heterocycles. The Bertz CT molecular complexity index is 603. The van der Waals surface area contributed by atoms with Crippen molar-refractivity contribution >= 4 is 17.3 Å². The van der Waals surface area contributed by atoms with Crippen molar-refractivity contribution in [2.45, 2.75) is 25.8 Å². The number of para-hydroxylation sites is 2. The maximum Gasteiger partial charge on any atom is 0.260 e. The van der Waals surface area contributed by atoms with E-state index in [1.165, 1.54) is 24.9 Å². The van der Waals surface area contributed by atoms with E-state index >= 15 is 0 Å². The average Bonchev–Trinajstić information content (AvgIpc) is 3.02. The highest BCUT2D eigenvalue weighted by atomic mass is 16.4. The number of furan rings is 1. The number of benzene rings is 1. The molecule has 1 aliphatic rings. The fourth-order valence-corrected chi connectivity index (χ4v) is 2.73. The average molecular weight is 285 g/mol. The molecule has 1 N–H and O–H groups in total. The molecular weight excluding hydrogens is 266 g/mol. The fourth-order valence-electron chi connectivity index (χ4n) is 2.73. The Kier molecular flexibility index (Phi) is 4.19. The number of rotatable bonds is 5. The van der Waals surface area contributed by atoms with E-state index < -0.39 is 0 Å². The summed E-state index contributed by atoms with van der Waals surface area (Å²) in [5.41, 5.74) is 2.33. The van der Waals surface area contributed by atoms with Crippen LogP contribution in [0.1, 0.15) is 25.0 Å². The molecule has 0 aliphatic carbocycles. The Hall–Kier alpha value is -2.30. The number of nitrogens with zero attached hydrogens (tertiary/aromatic N) is 2. The summed E-state index contributed by atoms with van der Waals surface area (Å²) in [5, 5.41) is 6.17. The topological polar surface area (TPSA) is 57.8 Å². The molecule has 5 heteroatoms. The predicted octanol–water partition coefficient (Wildman–Crippen LogP) is 4.28. The molecule has 5 nitrogen and oxygen atoms in total. The lowest BCUT2D eigenvalue weighted by atomic mass is 10.1. The maximum absolute atomic E-state index is 10.4. The summed E-state index contributed by atoms with van der Waals surface area (Å²) >= 11 is 0. The first kappa shape index (κ1) is 13.7. The van der Waals surface area contributed by atoms with Crippen LogP contribution in [0.2, 0.25) is 0 Å². The second-order valence-electron chi connectivity index (χ2n) is 5.25. The Labute approximate surface area is 123 Å². The van der Waals surface area contributed by atoms with Crippen LogP contribution in [0.25, 0.3) is 0 Å². The molecule has 2 aromatic rings. The molecule has 0 unspecified atom stereocenters. The van der Waals surface area contributed by atoms with Gasteiger partial charge < -0.3 is 14.6 Å². The Morgan fingerprint density at radius 1 is 1.10 bits per heavy atom. The molecule has 0 amide bonds. The van der Waals surface area contributed by atoms with Gasteiger partial charge in [0, 0.05) is 24.3 Å². The van der Waals surface area contributed by atoms with Crippen molar-refractivity contribution in [1.29, 1.82) is 0 Å². The zero-order valence-electron chi connectivity index (χ0n) is 11.9. The van der Waals surface area contributed by atoms with Gasteiger partial charge in [-0.2, -0.15) is 0 Å². The second kappa shape index (κ2) is 6.43. The summed E-state index contributed by atoms with van der Waals surface area (Å²) in [7, 11) is 0. The van der Waals surface area contributed by atoms with Gasteiger partial charge in [-0.05, 0) is 37.5 Å².